The maximum absolute atomic E-state index is 11.9. The van der Waals surface area contributed by atoms with Crippen molar-refractivity contribution in [1.29, 1.82) is 0 Å². The molecule has 2 N–H and O–H groups in total. The van der Waals surface area contributed by atoms with Crippen molar-refractivity contribution < 1.29 is 14.6 Å². The zero-order valence-corrected chi connectivity index (χ0v) is 11.9. The third-order valence-corrected chi connectivity index (χ3v) is 3.05. The average molecular weight is 289 g/mol. The highest BCUT2D eigenvalue weighted by molar-refractivity contribution is 5.94. The Labute approximate surface area is 123 Å². The lowest BCUT2D eigenvalue weighted by Crippen LogP contribution is -2.28. The minimum absolute atomic E-state index is 0.156. The third kappa shape index (κ3) is 4.40. The molecule has 2 rings (SSSR count). The first-order chi connectivity index (χ1) is 10.2. The van der Waals surface area contributed by atoms with E-state index in [1.807, 2.05) is 22.9 Å². The van der Waals surface area contributed by atoms with Crippen molar-refractivity contribution in [2.24, 2.45) is 0 Å². The lowest BCUT2D eigenvalue weighted by atomic mass is 10.2. The zero-order valence-electron chi connectivity index (χ0n) is 11.9. The van der Waals surface area contributed by atoms with Gasteiger partial charge in [0.2, 0.25) is 0 Å². The molecule has 1 atom stereocenters. The predicted molar refractivity (Wildman–Crippen MR) is 78.4 cm³/mol. The number of imidazole rings is 1. The molecule has 1 aromatic heterocycles. The van der Waals surface area contributed by atoms with Gasteiger partial charge in [0, 0.05) is 37.3 Å². The number of nitrogens with one attached hydrogen (secondary N) is 1. The predicted octanol–water partition coefficient (Wildman–Crippen LogP) is 0.999. The summed E-state index contributed by atoms with van der Waals surface area (Å²) in [6, 6.07) is 7.24. The average Bonchev–Trinajstić information content (AvgIpc) is 3.02. The van der Waals surface area contributed by atoms with Gasteiger partial charge in [0.1, 0.15) is 0 Å². The number of hydrogen-bond acceptors (Lipinski definition) is 4. The summed E-state index contributed by atoms with van der Waals surface area (Å²) in [4.78, 5) is 15.9. The summed E-state index contributed by atoms with van der Waals surface area (Å²) >= 11 is 0. The van der Waals surface area contributed by atoms with E-state index in [1.165, 1.54) is 7.11 Å². The number of aromatic nitrogens is 2. The standard InChI is InChI=1S/C15H19N3O3/c1-21-10-14(19)6-7-17-15(20)12-2-4-13(5-3-12)18-9-8-16-11-18/h2-5,8-9,11,14,19H,6-7,10H2,1H3,(H,17,20). The van der Waals surface area contributed by atoms with Crippen molar-refractivity contribution in [2.75, 3.05) is 20.3 Å². The summed E-state index contributed by atoms with van der Waals surface area (Å²) in [5.41, 5.74) is 1.53. The topological polar surface area (TPSA) is 76.4 Å². The van der Waals surface area contributed by atoms with E-state index in [4.69, 9.17) is 4.74 Å². The number of aliphatic hydroxyl groups excluding tert-OH is 1. The molecule has 1 heterocycles. The fourth-order valence-corrected chi connectivity index (χ4v) is 1.93. The molecule has 1 amide bonds. The number of ether oxygens (including phenoxy) is 1. The number of methoxy groups -OCH3 is 1. The number of carbonyl (C=O) groups excluding carboxylic acids is 1. The monoisotopic (exact) mass is 289 g/mol. The van der Waals surface area contributed by atoms with Gasteiger partial charge in [-0.1, -0.05) is 0 Å². The van der Waals surface area contributed by atoms with Crippen molar-refractivity contribution >= 4 is 5.91 Å². The van der Waals surface area contributed by atoms with Crippen LogP contribution in [0.2, 0.25) is 0 Å². The van der Waals surface area contributed by atoms with Crippen LogP contribution in [0.3, 0.4) is 0 Å². The number of nitrogens with zero attached hydrogens (tertiary/aromatic N) is 2. The molecule has 2 aromatic rings. The van der Waals surface area contributed by atoms with Crippen molar-refractivity contribution in [3.8, 4) is 5.69 Å². The van der Waals surface area contributed by atoms with Crippen LogP contribution < -0.4 is 5.32 Å². The summed E-state index contributed by atoms with van der Waals surface area (Å²) in [6.45, 7) is 0.683. The molecular formula is C15H19N3O3. The first-order valence-electron chi connectivity index (χ1n) is 6.74. The van der Waals surface area contributed by atoms with E-state index < -0.39 is 6.10 Å². The molecule has 0 saturated carbocycles. The van der Waals surface area contributed by atoms with Gasteiger partial charge in [-0.2, -0.15) is 0 Å². The number of rotatable bonds is 7. The molecule has 1 unspecified atom stereocenters. The molecule has 1 aromatic carbocycles. The van der Waals surface area contributed by atoms with Crippen LogP contribution in [0, 0.1) is 0 Å². The van der Waals surface area contributed by atoms with Crippen LogP contribution in [0.1, 0.15) is 16.8 Å². The molecule has 0 aliphatic rings. The van der Waals surface area contributed by atoms with Gasteiger partial charge in [-0.15, -0.1) is 0 Å². The number of hydrogen-bond donors (Lipinski definition) is 2. The van der Waals surface area contributed by atoms with Crippen molar-refractivity contribution in [3.63, 3.8) is 0 Å². The van der Waals surface area contributed by atoms with Crippen LogP contribution >= 0.6 is 0 Å². The van der Waals surface area contributed by atoms with E-state index in [0.717, 1.165) is 5.69 Å². The SMILES string of the molecule is COCC(O)CCNC(=O)c1ccc(-n2ccnc2)cc1. The maximum atomic E-state index is 11.9. The number of carbonyl (C=O) groups is 1. The molecule has 0 spiro atoms. The Morgan fingerprint density at radius 2 is 2.19 bits per heavy atom. The summed E-state index contributed by atoms with van der Waals surface area (Å²) in [5.74, 6) is -0.156. The number of benzene rings is 1. The fraction of sp³-hybridized carbons (Fsp3) is 0.333. The molecule has 21 heavy (non-hydrogen) atoms. The van der Waals surface area contributed by atoms with Gasteiger partial charge in [-0.3, -0.25) is 4.79 Å². The van der Waals surface area contributed by atoms with E-state index in [0.29, 0.717) is 18.5 Å². The zero-order chi connectivity index (χ0) is 15.1. The highest BCUT2D eigenvalue weighted by Crippen LogP contribution is 2.09. The lowest BCUT2D eigenvalue weighted by molar-refractivity contribution is 0.0587. The van der Waals surface area contributed by atoms with Crippen LogP contribution in [0.5, 0.6) is 0 Å². The van der Waals surface area contributed by atoms with Gasteiger partial charge in [0.25, 0.3) is 5.91 Å². The molecule has 0 radical (unpaired) electrons. The minimum Gasteiger partial charge on any atom is -0.391 e. The normalized spacial score (nSPS) is 12.1. The van der Waals surface area contributed by atoms with Crippen LogP contribution in [0.25, 0.3) is 5.69 Å². The Bertz CT molecular complexity index is 552. The molecule has 0 bridgehead atoms. The first-order valence-corrected chi connectivity index (χ1v) is 6.74. The fourth-order valence-electron chi connectivity index (χ4n) is 1.93. The molecule has 6 nitrogen and oxygen atoms in total. The van der Waals surface area contributed by atoms with Gasteiger partial charge in [0.15, 0.2) is 0 Å². The summed E-state index contributed by atoms with van der Waals surface area (Å²) in [7, 11) is 1.53. The molecule has 0 aliphatic carbocycles. The maximum Gasteiger partial charge on any atom is 0.251 e. The van der Waals surface area contributed by atoms with Crippen molar-refractivity contribution in [2.45, 2.75) is 12.5 Å². The Hall–Kier alpha value is -2.18. The molecule has 0 aliphatic heterocycles. The summed E-state index contributed by atoms with van der Waals surface area (Å²) in [5, 5.41) is 12.3. The van der Waals surface area contributed by atoms with Gasteiger partial charge in [0.05, 0.1) is 19.0 Å². The molecule has 112 valence electrons. The van der Waals surface area contributed by atoms with Crippen LogP contribution in [0.4, 0.5) is 0 Å². The Kier molecular flexibility index (Phi) is 5.48. The smallest absolute Gasteiger partial charge is 0.251 e. The molecule has 0 fully saturated rings. The van der Waals surface area contributed by atoms with Crippen LogP contribution in [-0.2, 0) is 4.74 Å². The second-order valence-corrected chi connectivity index (χ2v) is 4.67. The van der Waals surface area contributed by atoms with E-state index in [1.54, 1.807) is 24.7 Å². The second-order valence-electron chi connectivity index (χ2n) is 4.67. The van der Waals surface area contributed by atoms with Crippen LogP contribution in [0.15, 0.2) is 43.0 Å². The Balaban J connectivity index is 1.85. The van der Waals surface area contributed by atoms with Gasteiger partial charge >= 0.3 is 0 Å². The number of amides is 1. The number of aliphatic hydroxyl groups is 1. The van der Waals surface area contributed by atoms with Crippen molar-refractivity contribution in [1.82, 2.24) is 14.9 Å². The van der Waals surface area contributed by atoms with Gasteiger partial charge < -0.3 is 19.7 Å². The first kappa shape index (κ1) is 15.2. The largest absolute Gasteiger partial charge is 0.391 e. The van der Waals surface area contributed by atoms with E-state index in [2.05, 4.69) is 10.3 Å². The van der Waals surface area contributed by atoms with Gasteiger partial charge in [-0.05, 0) is 30.7 Å². The van der Waals surface area contributed by atoms with E-state index in [9.17, 15) is 9.90 Å². The molecular weight excluding hydrogens is 270 g/mol. The minimum atomic E-state index is -0.557. The Morgan fingerprint density at radius 3 is 2.81 bits per heavy atom. The molecule has 0 saturated heterocycles. The Morgan fingerprint density at radius 1 is 1.43 bits per heavy atom. The highest BCUT2D eigenvalue weighted by atomic mass is 16.5. The highest BCUT2D eigenvalue weighted by Gasteiger charge is 2.07. The van der Waals surface area contributed by atoms with E-state index in [-0.39, 0.29) is 12.5 Å². The quantitative estimate of drug-likeness (QED) is 0.797. The third-order valence-electron chi connectivity index (χ3n) is 3.05. The van der Waals surface area contributed by atoms with Gasteiger partial charge in [-0.25, -0.2) is 4.98 Å². The summed E-state index contributed by atoms with van der Waals surface area (Å²) < 4.78 is 6.69. The lowest BCUT2D eigenvalue weighted by Gasteiger charge is -2.10. The van der Waals surface area contributed by atoms with Crippen molar-refractivity contribution in [3.05, 3.63) is 48.5 Å². The van der Waals surface area contributed by atoms with Crippen LogP contribution in [-0.4, -0.2) is 46.9 Å². The second kappa shape index (κ2) is 7.56. The van der Waals surface area contributed by atoms with E-state index >= 15 is 0 Å². The molecule has 6 heteroatoms. The summed E-state index contributed by atoms with van der Waals surface area (Å²) in [6.07, 6.45) is 5.15.